The second kappa shape index (κ2) is 4.90. The molecular formula is C12H18BrN3O. The van der Waals surface area contributed by atoms with Gasteiger partial charge in [0.15, 0.2) is 0 Å². The second-order valence-electron chi connectivity index (χ2n) is 4.91. The molecule has 0 bridgehead atoms. The molecule has 0 amide bonds. The van der Waals surface area contributed by atoms with Crippen LogP contribution in [0, 0.1) is 0 Å². The van der Waals surface area contributed by atoms with E-state index in [-0.39, 0.29) is 0 Å². The van der Waals surface area contributed by atoms with Gasteiger partial charge in [-0.3, -0.25) is 0 Å². The minimum absolute atomic E-state index is 0.497. The van der Waals surface area contributed by atoms with Crippen LogP contribution in [0.1, 0.15) is 44.9 Å². The minimum Gasteiger partial charge on any atom is -0.388 e. The molecule has 1 aliphatic carbocycles. The molecular weight excluding hydrogens is 282 g/mol. The van der Waals surface area contributed by atoms with E-state index >= 15 is 0 Å². The van der Waals surface area contributed by atoms with Gasteiger partial charge >= 0.3 is 0 Å². The number of aromatic nitrogens is 2. The van der Waals surface area contributed by atoms with Crippen molar-refractivity contribution < 1.29 is 5.11 Å². The summed E-state index contributed by atoms with van der Waals surface area (Å²) in [4.78, 5) is 8.83. The third kappa shape index (κ3) is 3.64. The van der Waals surface area contributed by atoms with Crippen molar-refractivity contribution in [2.75, 3.05) is 11.9 Å². The molecule has 0 aliphatic heterocycles. The number of rotatable bonds is 5. The molecule has 94 valence electrons. The van der Waals surface area contributed by atoms with Crippen molar-refractivity contribution in [3.8, 4) is 0 Å². The van der Waals surface area contributed by atoms with Gasteiger partial charge in [0, 0.05) is 18.5 Å². The summed E-state index contributed by atoms with van der Waals surface area (Å²) < 4.78 is 0.799. The fraction of sp³-hybridized carbons (Fsp3) is 0.667. The average molecular weight is 300 g/mol. The molecule has 0 spiro atoms. The molecule has 1 heterocycles. The zero-order chi connectivity index (χ0) is 12.5. The molecule has 1 aromatic rings. The largest absolute Gasteiger partial charge is 0.388 e. The maximum atomic E-state index is 9.93. The van der Waals surface area contributed by atoms with Crippen LogP contribution in [0.2, 0.25) is 0 Å². The molecule has 1 aromatic heterocycles. The highest BCUT2D eigenvalue weighted by Crippen LogP contribution is 2.38. The van der Waals surface area contributed by atoms with Crippen LogP contribution in [-0.4, -0.2) is 27.2 Å². The molecule has 1 atom stereocenters. The van der Waals surface area contributed by atoms with Crippen LogP contribution >= 0.6 is 15.9 Å². The van der Waals surface area contributed by atoms with Gasteiger partial charge in [-0.15, -0.1) is 0 Å². The molecule has 2 rings (SSSR count). The second-order valence-corrected chi connectivity index (χ2v) is 5.72. The maximum Gasteiger partial charge on any atom is 0.135 e. The van der Waals surface area contributed by atoms with E-state index in [1.54, 1.807) is 0 Å². The molecule has 0 aromatic carbocycles. The maximum absolute atomic E-state index is 9.93. The Labute approximate surface area is 110 Å². The molecule has 4 nitrogen and oxygen atoms in total. The Kier molecular flexibility index (Phi) is 3.68. The zero-order valence-electron chi connectivity index (χ0n) is 10.2. The smallest absolute Gasteiger partial charge is 0.135 e. The first-order chi connectivity index (χ1) is 8.00. The summed E-state index contributed by atoms with van der Waals surface area (Å²) in [5.41, 5.74) is -0.697. The number of hydrogen-bond donors (Lipinski definition) is 2. The number of aliphatic hydroxyl groups is 1. The van der Waals surface area contributed by atoms with Gasteiger partial charge in [0.05, 0.1) is 5.60 Å². The highest BCUT2D eigenvalue weighted by atomic mass is 79.9. The molecule has 1 fully saturated rings. The Morgan fingerprint density at radius 2 is 2.24 bits per heavy atom. The van der Waals surface area contributed by atoms with Gasteiger partial charge in [0.1, 0.15) is 16.2 Å². The van der Waals surface area contributed by atoms with Crippen molar-refractivity contribution in [2.24, 2.45) is 0 Å². The summed E-state index contributed by atoms with van der Waals surface area (Å²) >= 11 is 3.39. The first-order valence-corrected chi connectivity index (χ1v) is 6.80. The standard InChI is InChI=1S/C12H18BrN3O/c1-3-12(2,17)7-14-10-6-9(13)15-11(16-10)8-4-5-8/h6,8,17H,3-5,7H2,1-2H3,(H,14,15,16). The number of anilines is 1. The number of nitrogens with zero attached hydrogens (tertiary/aromatic N) is 2. The van der Waals surface area contributed by atoms with Crippen LogP contribution in [0.4, 0.5) is 5.82 Å². The molecule has 1 saturated carbocycles. The summed E-state index contributed by atoms with van der Waals surface area (Å²) in [6, 6.07) is 1.84. The van der Waals surface area contributed by atoms with Crippen molar-refractivity contribution in [1.82, 2.24) is 9.97 Å². The van der Waals surface area contributed by atoms with Crippen molar-refractivity contribution in [3.05, 3.63) is 16.5 Å². The Morgan fingerprint density at radius 3 is 2.82 bits per heavy atom. The Hall–Kier alpha value is -0.680. The van der Waals surface area contributed by atoms with Crippen LogP contribution in [-0.2, 0) is 0 Å². The first-order valence-electron chi connectivity index (χ1n) is 6.01. The Morgan fingerprint density at radius 1 is 1.53 bits per heavy atom. The van der Waals surface area contributed by atoms with Crippen molar-refractivity contribution in [3.63, 3.8) is 0 Å². The zero-order valence-corrected chi connectivity index (χ0v) is 11.8. The quantitative estimate of drug-likeness (QED) is 0.821. The predicted octanol–water partition coefficient (Wildman–Crippen LogP) is 2.69. The summed E-state index contributed by atoms with van der Waals surface area (Å²) in [6.07, 6.45) is 3.08. The molecule has 0 saturated heterocycles. The first kappa shape index (κ1) is 12.8. The summed E-state index contributed by atoms with van der Waals surface area (Å²) in [5, 5.41) is 13.1. The van der Waals surface area contributed by atoms with Gasteiger partial charge in [0.2, 0.25) is 0 Å². The van der Waals surface area contributed by atoms with Gasteiger partial charge in [-0.1, -0.05) is 6.92 Å². The fourth-order valence-electron chi connectivity index (χ4n) is 1.46. The van der Waals surface area contributed by atoms with E-state index in [4.69, 9.17) is 0 Å². The lowest BCUT2D eigenvalue weighted by Crippen LogP contribution is -2.32. The van der Waals surface area contributed by atoms with E-state index in [1.165, 1.54) is 12.8 Å². The van der Waals surface area contributed by atoms with Crippen LogP contribution in [0.15, 0.2) is 10.7 Å². The van der Waals surface area contributed by atoms with Crippen LogP contribution < -0.4 is 5.32 Å². The van der Waals surface area contributed by atoms with Gasteiger partial charge < -0.3 is 10.4 Å². The third-order valence-corrected chi connectivity index (χ3v) is 3.47. The van der Waals surface area contributed by atoms with Crippen LogP contribution in [0.25, 0.3) is 0 Å². The predicted molar refractivity (Wildman–Crippen MR) is 71.1 cm³/mol. The lowest BCUT2D eigenvalue weighted by Gasteiger charge is -2.22. The number of halogens is 1. The molecule has 1 aliphatic rings. The monoisotopic (exact) mass is 299 g/mol. The lowest BCUT2D eigenvalue weighted by atomic mass is 10.0. The summed E-state index contributed by atoms with van der Waals surface area (Å²) in [7, 11) is 0. The van der Waals surface area contributed by atoms with E-state index in [2.05, 4.69) is 31.2 Å². The molecule has 2 N–H and O–H groups in total. The Bertz CT molecular complexity index is 405. The van der Waals surface area contributed by atoms with E-state index in [1.807, 2.05) is 19.9 Å². The van der Waals surface area contributed by atoms with Crippen LogP contribution in [0.3, 0.4) is 0 Å². The van der Waals surface area contributed by atoms with Gasteiger partial charge in [0.25, 0.3) is 0 Å². The Balaban J connectivity index is 2.05. The molecule has 0 radical (unpaired) electrons. The number of hydrogen-bond acceptors (Lipinski definition) is 4. The highest BCUT2D eigenvalue weighted by Gasteiger charge is 2.27. The van der Waals surface area contributed by atoms with Crippen molar-refractivity contribution >= 4 is 21.7 Å². The summed E-state index contributed by atoms with van der Waals surface area (Å²) in [5.74, 6) is 2.21. The van der Waals surface area contributed by atoms with Crippen molar-refractivity contribution in [2.45, 2.75) is 44.6 Å². The van der Waals surface area contributed by atoms with E-state index < -0.39 is 5.60 Å². The minimum atomic E-state index is -0.697. The van der Waals surface area contributed by atoms with Gasteiger partial charge in [-0.2, -0.15) is 0 Å². The topological polar surface area (TPSA) is 58.0 Å². The van der Waals surface area contributed by atoms with Crippen molar-refractivity contribution in [1.29, 1.82) is 0 Å². The molecule has 17 heavy (non-hydrogen) atoms. The third-order valence-electron chi connectivity index (χ3n) is 3.07. The van der Waals surface area contributed by atoms with E-state index in [0.29, 0.717) is 18.9 Å². The fourth-order valence-corrected chi connectivity index (χ4v) is 1.85. The normalized spacial score (nSPS) is 18.8. The SMILES string of the molecule is CCC(C)(O)CNc1cc(Br)nc(C2CC2)n1. The van der Waals surface area contributed by atoms with Gasteiger partial charge in [-0.05, 0) is 42.1 Å². The van der Waals surface area contributed by atoms with E-state index in [9.17, 15) is 5.11 Å². The van der Waals surface area contributed by atoms with Gasteiger partial charge in [-0.25, -0.2) is 9.97 Å². The highest BCUT2D eigenvalue weighted by molar-refractivity contribution is 9.10. The molecule has 5 heteroatoms. The average Bonchev–Trinajstić information content (AvgIpc) is 3.10. The van der Waals surface area contributed by atoms with Crippen LogP contribution in [0.5, 0.6) is 0 Å². The van der Waals surface area contributed by atoms with E-state index in [0.717, 1.165) is 16.2 Å². The molecule has 1 unspecified atom stereocenters. The number of nitrogens with one attached hydrogen (secondary N) is 1. The lowest BCUT2D eigenvalue weighted by molar-refractivity contribution is 0.0696. The summed E-state index contributed by atoms with van der Waals surface area (Å²) in [6.45, 7) is 4.28.